The van der Waals surface area contributed by atoms with Gasteiger partial charge in [0.25, 0.3) is 10.0 Å². The molecule has 29 heavy (non-hydrogen) atoms. The van der Waals surface area contributed by atoms with E-state index < -0.39 is 10.0 Å². The van der Waals surface area contributed by atoms with Gasteiger partial charge in [-0.05, 0) is 50.2 Å². The van der Waals surface area contributed by atoms with Gasteiger partial charge in [-0.1, -0.05) is 29.3 Å². The number of hydrogen-bond acceptors (Lipinski definition) is 6. The molecule has 0 radical (unpaired) electrons. The van der Waals surface area contributed by atoms with Crippen LogP contribution in [0.1, 0.15) is 11.1 Å². The van der Waals surface area contributed by atoms with Crippen LogP contribution in [0.25, 0.3) is 22.9 Å². The van der Waals surface area contributed by atoms with Gasteiger partial charge < -0.3 is 4.42 Å². The fraction of sp³-hybridized carbons (Fsp3) is 0.0952. The maximum Gasteiger partial charge on any atom is 0.261 e. The molecule has 0 aliphatic heterocycles. The van der Waals surface area contributed by atoms with Crippen LogP contribution in [0.2, 0.25) is 0 Å². The Morgan fingerprint density at radius 2 is 1.48 bits per heavy atom. The Morgan fingerprint density at radius 1 is 0.828 bits per heavy atom. The molecule has 0 aliphatic rings. The summed E-state index contributed by atoms with van der Waals surface area (Å²) in [6, 6.07) is 15.5. The van der Waals surface area contributed by atoms with Gasteiger partial charge in [-0.15, -0.1) is 10.2 Å². The highest BCUT2D eigenvalue weighted by atomic mass is 32.2. The van der Waals surface area contributed by atoms with Gasteiger partial charge >= 0.3 is 0 Å². The summed E-state index contributed by atoms with van der Waals surface area (Å²) in [6.07, 6.45) is 3.26. The van der Waals surface area contributed by atoms with E-state index in [1.54, 1.807) is 60.9 Å². The SMILES string of the molecule is Cc1ccc(S(=O)(=O)Nc2ccc(C)cc2-c2nnc(-c3ccncc3)o2)cc1. The third-order valence-electron chi connectivity index (χ3n) is 4.33. The van der Waals surface area contributed by atoms with Crippen LogP contribution in [0.4, 0.5) is 5.69 Å². The second kappa shape index (κ2) is 7.48. The smallest absolute Gasteiger partial charge is 0.261 e. The van der Waals surface area contributed by atoms with E-state index >= 15 is 0 Å². The van der Waals surface area contributed by atoms with Gasteiger partial charge in [0.1, 0.15) is 0 Å². The van der Waals surface area contributed by atoms with Crippen molar-refractivity contribution < 1.29 is 12.8 Å². The molecule has 2 aromatic carbocycles. The van der Waals surface area contributed by atoms with Crippen molar-refractivity contribution in [3.8, 4) is 22.9 Å². The second-order valence-electron chi connectivity index (χ2n) is 6.62. The summed E-state index contributed by atoms with van der Waals surface area (Å²) in [5.74, 6) is 0.554. The number of sulfonamides is 1. The Kier molecular flexibility index (Phi) is 4.85. The molecule has 0 bridgehead atoms. The van der Waals surface area contributed by atoms with Gasteiger partial charge in [-0.3, -0.25) is 9.71 Å². The fourth-order valence-electron chi connectivity index (χ4n) is 2.79. The molecule has 8 heteroatoms. The number of aryl methyl sites for hydroxylation is 2. The van der Waals surface area contributed by atoms with Crippen molar-refractivity contribution in [2.75, 3.05) is 4.72 Å². The third-order valence-corrected chi connectivity index (χ3v) is 5.71. The summed E-state index contributed by atoms with van der Waals surface area (Å²) in [6.45, 7) is 3.81. The first-order valence-corrected chi connectivity index (χ1v) is 10.4. The lowest BCUT2D eigenvalue weighted by atomic mass is 10.1. The van der Waals surface area contributed by atoms with Crippen LogP contribution in [0.5, 0.6) is 0 Å². The predicted molar refractivity (Wildman–Crippen MR) is 110 cm³/mol. The number of hydrogen-bond donors (Lipinski definition) is 1. The van der Waals surface area contributed by atoms with Crippen molar-refractivity contribution in [3.05, 3.63) is 78.1 Å². The van der Waals surface area contributed by atoms with Gasteiger partial charge in [0.15, 0.2) is 0 Å². The van der Waals surface area contributed by atoms with Crippen molar-refractivity contribution in [1.29, 1.82) is 0 Å². The minimum Gasteiger partial charge on any atom is -0.416 e. The first-order valence-electron chi connectivity index (χ1n) is 8.87. The van der Waals surface area contributed by atoms with Crippen LogP contribution < -0.4 is 4.72 Å². The molecule has 4 rings (SSSR count). The Bertz CT molecular complexity index is 1250. The number of pyridine rings is 1. The number of anilines is 1. The van der Waals surface area contributed by atoms with E-state index in [9.17, 15) is 8.42 Å². The summed E-state index contributed by atoms with van der Waals surface area (Å²) in [5.41, 5.74) is 3.51. The van der Waals surface area contributed by atoms with Crippen molar-refractivity contribution in [3.63, 3.8) is 0 Å². The number of benzene rings is 2. The van der Waals surface area contributed by atoms with E-state index in [0.29, 0.717) is 17.1 Å². The summed E-state index contributed by atoms with van der Waals surface area (Å²) >= 11 is 0. The Labute approximate surface area is 168 Å². The molecule has 0 unspecified atom stereocenters. The first-order chi connectivity index (χ1) is 13.9. The molecule has 0 fully saturated rings. The van der Waals surface area contributed by atoms with Crippen LogP contribution in [-0.2, 0) is 10.0 Å². The molecule has 146 valence electrons. The maximum atomic E-state index is 12.8. The zero-order valence-electron chi connectivity index (χ0n) is 15.8. The van der Waals surface area contributed by atoms with Crippen LogP contribution in [-0.4, -0.2) is 23.6 Å². The van der Waals surface area contributed by atoms with Crippen molar-refractivity contribution in [2.24, 2.45) is 0 Å². The molecule has 1 N–H and O–H groups in total. The van der Waals surface area contributed by atoms with E-state index in [1.807, 2.05) is 19.9 Å². The van der Waals surface area contributed by atoms with E-state index in [2.05, 4.69) is 19.9 Å². The molecular weight excluding hydrogens is 388 g/mol. The van der Waals surface area contributed by atoms with Crippen LogP contribution >= 0.6 is 0 Å². The van der Waals surface area contributed by atoms with Crippen LogP contribution in [0, 0.1) is 13.8 Å². The van der Waals surface area contributed by atoms with Gasteiger partial charge in [-0.25, -0.2) is 8.42 Å². The Balaban J connectivity index is 1.72. The lowest BCUT2D eigenvalue weighted by molar-refractivity contribution is 0.584. The first kappa shape index (κ1) is 18.8. The van der Waals surface area contributed by atoms with Crippen molar-refractivity contribution >= 4 is 15.7 Å². The highest BCUT2D eigenvalue weighted by molar-refractivity contribution is 7.92. The van der Waals surface area contributed by atoms with Crippen molar-refractivity contribution in [2.45, 2.75) is 18.7 Å². The number of nitrogens with zero attached hydrogens (tertiary/aromatic N) is 3. The molecular formula is C21H18N4O3S. The minimum atomic E-state index is -3.77. The topological polar surface area (TPSA) is 98.0 Å². The van der Waals surface area contributed by atoms with E-state index in [4.69, 9.17) is 4.42 Å². The lowest BCUT2D eigenvalue weighted by Crippen LogP contribution is -2.13. The van der Waals surface area contributed by atoms with Gasteiger partial charge in [0, 0.05) is 18.0 Å². The molecule has 2 aromatic heterocycles. The van der Waals surface area contributed by atoms with E-state index in [-0.39, 0.29) is 10.8 Å². The number of rotatable bonds is 5. The minimum absolute atomic E-state index is 0.178. The largest absolute Gasteiger partial charge is 0.416 e. The van der Waals surface area contributed by atoms with Gasteiger partial charge in [0.2, 0.25) is 11.8 Å². The monoisotopic (exact) mass is 406 g/mol. The van der Waals surface area contributed by atoms with Crippen molar-refractivity contribution in [1.82, 2.24) is 15.2 Å². The molecule has 0 atom stereocenters. The lowest BCUT2D eigenvalue weighted by Gasteiger charge is -2.12. The molecule has 2 heterocycles. The summed E-state index contributed by atoms with van der Waals surface area (Å²) in [4.78, 5) is 4.15. The predicted octanol–water partition coefficient (Wildman–Crippen LogP) is 4.22. The molecule has 7 nitrogen and oxygen atoms in total. The normalized spacial score (nSPS) is 11.4. The third kappa shape index (κ3) is 4.02. The van der Waals surface area contributed by atoms with Gasteiger partial charge in [0.05, 0.1) is 16.1 Å². The molecule has 0 amide bonds. The summed E-state index contributed by atoms with van der Waals surface area (Å²) in [7, 11) is -3.77. The highest BCUT2D eigenvalue weighted by Crippen LogP contribution is 2.31. The zero-order valence-corrected chi connectivity index (χ0v) is 16.6. The molecule has 0 saturated carbocycles. The van der Waals surface area contributed by atoms with Crippen LogP contribution in [0.3, 0.4) is 0 Å². The molecule has 0 spiro atoms. The Morgan fingerprint density at radius 3 is 2.21 bits per heavy atom. The fourth-order valence-corrected chi connectivity index (χ4v) is 3.87. The number of aromatic nitrogens is 3. The maximum absolute atomic E-state index is 12.8. The quantitative estimate of drug-likeness (QED) is 0.533. The standard InChI is InChI=1S/C21H18N4O3S/c1-14-3-6-17(7-4-14)29(26,27)25-19-8-5-15(2)13-18(19)21-24-23-20(28-21)16-9-11-22-12-10-16/h3-13,25H,1-2H3. The molecule has 4 aromatic rings. The van der Waals surface area contributed by atoms with Crippen LogP contribution in [0.15, 0.2) is 76.3 Å². The number of nitrogens with one attached hydrogen (secondary N) is 1. The Hall–Kier alpha value is -3.52. The average Bonchev–Trinajstić information content (AvgIpc) is 3.20. The summed E-state index contributed by atoms with van der Waals surface area (Å²) < 4.78 is 34.1. The van der Waals surface area contributed by atoms with Gasteiger partial charge in [-0.2, -0.15) is 0 Å². The average molecular weight is 406 g/mol. The van der Waals surface area contributed by atoms with E-state index in [1.165, 1.54) is 0 Å². The molecule has 0 aliphatic carbocycles. The highest BCUT2D eigenvalue weighted by Gasteiger charge is 2.20. The zero-order chi connectivity index (χ0) is 20.4. The second-order valence-corrected chi connectivity index (χ2v) is 8.30. The molecule has 0 saturated heterocycles. The summed E-state index contributed by atoms with van der Waals surface area (Å²) in [5, 5.41) is 8.18. The van der Waals surface area contributed by atoms with E-state index in [0.717, 1.165) is 16.7 Å².